The van der Waals surface area contributed by atoms with Gasteiger partial charge in [-0.1, -0.05) is 36.8 Å². The summed E-state index contributed by atoms with van der Waals surface area (Å²) in [4.78, 5) is 2.63. The van der Waals surface area contributed by atoms with E-state index in [4.69, 9.17) is 0 Å². The Labute approximate surface area is 118 Å². The fraction of sp³-hybridized carbons (Fsp3) is 0.647. The number of aryl methyl sites for hydroxylation is 1. The highest BCUT2D eigenvalue weighted by Gasteiger charge is 2.18. The van der Waals surface area contributed by atoms with E-state index in [1.807, 2.05) is 0 Å². The van der Waals surface area contributed by atoms with Crippen molar-refractivity contribution < 1.29 is 0 Å². The molecule has 0 radical (unpaired) electrons. The summed E-state index contributed by atoms with van der Waals surface area (Å²) in [5.74, 6) is 0.900. The summed E-state index contributed by atoms with van der Waals surface area (Å²) < 4.78 is 0. The minimum Gasteiger partial charge on any atom is -0.312 e. The largest absolute Gasteiger partial charge is 0.312 e. The summed E-state index contributed by atoms with van der Waals surface area (Å²) in [5.41, 5.74) is 2.74. The van der Waals surface area contributed by atoms with Crippen molar-refractivity contribution in [3.63, 3.8) is 0 Å². The summed E-state index contributed by atoms with van der Waals surface area (Å²) in [6, 6.07) is 9.40. The van der Waals surface area contributed by atoms with Gasteiger partial charge in [0.15, 0.2) is 0 Å². The van der Waals surface area contributed by atoms with Crippen molar-refractivity contribution >= 4 is 0 Å². The summed E-state index contributed by atoms with van der Waals surface area (Å²) in [6.45, 7) is 8.18. The van der Waals surface area contributed by atoms with Gasteiger partial charge in [-0.05, 0) is 57.8 Å². The molecule has 2 heteroatoms. The molecule has 1 fully saturated rings. The lowest BCUT2D eigenvalue weighted by molar-refractivity contribution is 0.253. The molecule has 1 aliphatic heterocycles. The van der Waals surface area contributed by atoms with Crippen LogP contribution in [0.3, 0.4) is 0 Å². The first-order valence-corrected chi connectivity index (χ1v) is 7.65. The zero-order chi connectivity index (χ0) is 13.7. The fourth-order valence-electron chi connectivity index (χ4n) is 2.93. The van der Waals surface area contributed by atoms with Crippen molar-refractivity contribution in [1.82, 2.24) is 10.2 Å². The molecule has 0 saturated carbocycles. The average Bonchev–Trinajstić information content (AvgIpc) is 2.62. The Balaban J connectivity index is 1.96. The van der Waals surface area contributed by atoms with E-state index < -0.39 is 0 Å². The molecular weight excluding hydrogens is 232 g/mol. The number of benzene rings is 1. The van der Waals surface area contributed by atoms with Crippen LogP contribution in [0.15, 0.2) is 24.3 Å². The first-order valence-electron chi connectivity index (χ1n) is 7.65. The van der Waals surface area contributed by atoms with Gasteiger partial charge >= 0.3 is 0 Å². The number of hydrogen-bond acceptors (Lipinski definition) is 2. The third-order valence-corrected chi connectivity index (χ3v) is 4.38. The van der Waals surface area contributed by atoms with E-state index >= 15 is 0 Å². The molecule has 1 aromatic carbocycles. The molecule has 1 N–H and O–H groups in total. The van der Waals surface area contributed by atoms with Crippen molar-refractivity contribution in [2.24, 2.45) is 5.92 Å². The Morgan fingerprint density at radius 1 is 1.21 bits per heavy atom. The maximum absolute atomic E-state index is 3.48. The molecule has 1 aliphatic rings. The third kappa shape index (κ3) is 4.32. The molecule has 106 valence electrons. The Morgan fingerprint density at radius 2 is 1.95 bits per heavy atom. The van der Waals surface area contributed by atoms with Gasteiger partial charge in [-0.15, -0.1) is 0 Å². The molecule has 0 spiro atoms. The second-order valence-electron chi connectivity index (χ2n) is 6.09. The number of nitrogens with zero attached hydrogens (tertiary/aromatic N) is 1. The molecule has 1 saturated heterocycles. The average molecular weight is 260 g/mol. The third-order valence-electron chi connectivity index (χ3n) is 4.38. The normalized spacial score (nSPS) is 23.0. The second kappa shape index (κ2) is 7.06. The lowest BCUT2D eigenvalue weighted by atomic mass is 10.0. The molecule has 1 aromatic rings. The van der Waals surface area contributed by atoms with Gasteiger partial charge in [0.25, 0.3) is 0 Å². The summed E-state index contributed by atoms with van der Waals surface area (Å²) in [7, 11) is 2.07. The van der Waals surface area contributed by atoms with Crippen LogP contribution in [-0.4, -0.2) is 31.6 Å². The molecule has 2 rings (SSSR count). The number of nitrogens with one attached hydrogen (secondary N) is 1. The van der Waals surface area contributed by atoms with Crippen LogP contribution in [0.1, 0.15) is 43.4 Å². The molecule has 0 amide bonds. The van der Waals surface area contributed by atoms with Crippen LogP contribution in [0.2, 0.25) is 0 Å². The Bertz CT molecular complexity index is 371. The van der Waals surface area contributed by atoms with Gasteiger partial charge in [0, 0.05) is 12.6 Å². The summed E-state index contributed by atoms with van der Waals surface area (Å²) in [5, 5.41) is 3.48. The number of rotatable bonds is 4. The lowest BCUT2D eigenvalue weighted by Crippen LogP contribution is -2.34. The van der Waals surface area contributed by atoms with Gasteiger partial charge in [0.2, 0.25) is 0 Å². The Hall–Kier alpha value is -0.860. The minimum absolute atomic E-state index is 0.453. The number of likely N-dealkylation sites (tertiary alicyclic amines) is 1. The van der Waals surface area contributed by atoms with Crippen molar-refractivity contribution in [2.75, 3.05) is 26.7 Å². The van der Waals surface area contributed by atoms with Crippen molar-refractivity contribution in [1.29, 1.82) is 0 Å². The van der Waals surface area contributed by atoms with Crippen LogP contribution < -0.4 is 5.32 Å². The molecule has 2 nitrogen and oxygen atoms in total. The lowest BCUT2D eigenvalue weighted by Gasteiger charge is -2.26. The maximum Gasteiger partial charge on any atom is 0.0446 e. The van der Waals surface area contributed by atoms with E-state index in [0.29, 0.717) is 6.04 Å². The highest BCUT2D eigenvalue weighted by Crippen LogP contribution is 2.20. The zero-order valence-corrected chi connectivity index (χ0v) is 12.7. The van der Waals surface area contributed by atoms with Crippen LogP contribution in [-0.2, 0) is 0 Å². The van der Waals surface area contributed by atoms with Gasteiger partial charge in [-0.2, -0.15) is 0 Å². The smallest absolute Gasteiger partial charge is 0.0446 e. The van der Waals surface area contributed by atoms with Gasteiger partial charge in [0.05, 0.1) is 0 Å². The van der Waals surface area contributed by atoms with Crippen molar-refractivity contribution in [3.8, 4) is 0 Å². The Kier molecular flexibility index (Phi) is 5.41. The predicted octanol–water partition coefficient (Wildman–Crippen LogP) is 3.38. The molecular formula is C17H28N2. The van der Waals surface area contributed by atoms with Crippen LogP contribution in [0.25, 0.3) is 0 Å². The zero-order valence-electron chi connectivity index (χ0n) is 12.7. The second-order valence-corrected chi connectivity index (χ2v) is 6.09. The first-order chi connectivity index (χ1) is 9.19. The molecule has 1 heterocycles. The maximum atomic E-state index is 3.48. The van der Waals surface area contributed by atoms with Gasteiger partial charge in [-0.25, -0.2) is 0 Å². The van der Waals surface area contributed by atoms with Crippen LogP contribution >= 0.6 is 0 Å². The molecule has 0 aromatic heterocycles. The SMILES string of the molecule is CNC(CN1CCCC(C)CC1)c1ccc(C)cc1. The van der Waals surface area contributed by atoms with Crippen LogP contribution in [0.4, 0.5) is 0 Å². The molecule has 2 atom stereocenters. The van der Waals surface area contributed by atoms with Gasteiger partial charge in [-0.3, -0.25) is 0 Å². The van der Waals surface area contributed by atoms with E-state index in [1.165, 1.54) is 43.5 Å². The first kappa shape index (κ1) is 14.5. The van der Waals surface area contributed by atoms with E-state index in [0.717, 1.165) is 12.5 Å². The summed E-state index contributed by atoms with van der Waals surface area (Å²) >= 11 is 0. The van der Waals surface area contributed by atoms with Crippen molar-refractivity contribution in [3.05, 3.63) is 35.4 Å². The van der Waals surface area contributed by atoms with Gasteiger partial charge < -0.3 is 10.2 Å². The quantitative estimate of drug-likeness (QED) is 0.893. The Morgan fingerprint density at radius 3 is 2.63 bits per heavy atom. The van der Waals surface area contributed by atoms with E-state index in [-0.39, 0.29) is 0 Å². The standard InChI is InChI=1S/C17H28N2/c1-14-5-4-11-19(12-10-14)13-17(18-3)16-8-6-15(2)7-9-16/h6-9,14,17-18H,4-5,10-13H2,1-3H3. The topological polar surface area (TPSA) is 15.3 Å². The van der Waals surface area contributed by atoms with Crippen LogP contribution in [0, 0.1) is 12.8 Å². The highest BCUT2D eigenvalue weighted by molar-refractivity contribution is 5.24. The summed E-state index contributed by atoms with van der Waals surface area (Å²) in [6.07, 6.45) is 4.10. The molecule has 0 bridgehead atoms. The molecule has 0 aliphatic carbocycles. The van der Waals surface area contributed by atoms with Crippen LogP contribution in [0.5, 0.6) is 0 Å². The monoisotopic (exact) mass is 260 g/mol. The fourth-order valence-corrected chi connectivity index (χ4v) is 2.93. The van der Waals surface area contributed by atoms with E-state index in [1.54, 1.807) is 0 Å². The molecule has 2 unspecified atom stereocenters. The van der Waals surface area contributed by atoms with Crippen molar-refractivity contribution in [2.45, 2.75) is 39.2 Å². The molecule has 19 heavy (non-hydrogen) atoms. The highest BCUT2D eigenvalue weighted by atomic mass is 15.1. The van der Waals surface area contributed by atoms with E-state index in [2.05, 4.69) is 55.4 Å². The van der Waals surface area contributed by atoms with Gasteiger partial charge in [0.1, 0.15) is 0 Å². The predicted molar refractivity (Wildman–Crippen MR) is 82.4 cm³/mol. The number of hydrogen-bond donors (Lipinski definition) is 1. The van der Waals surface area contributed by atoms with E-state index in [9.17, 15) is 0 Å². The minimum atomic E-state index is 0.453. The number of likely N-dealkylation sites (N-methyl/N-ethyl adjacent to an activating group) is 1.